The van der Waals surface area contributed by atoms with E-state index in [1.165, 1.54) is 5.69 Å². The van der Waals surface area contributed by atoms with Crippen LogP contribution < -0.4 is 4.90 Å². The fraction of sp³-hybridized carbons (Fsp3) is 0.100. The molecule has 0 spiro atoms. The Morgan fingerprint density at radius 1 is 0.957 bits per heavy atom. The number of benzene rings is 2. The van der Waals surface area contributed by atoms with Crippen molar-refractivity contribution < 1.29 is 0 Å². The number of fused-ring (bicyclic) bond motifs is 1. The summed E-state index contributed by atoms with van der Waals surface area (Å²) in [6.07, 6.45) is 4.06. The maximum Gasteiger partial charge on any atom is 0.0991 e. The van der Waals surface area contributed by atoms with E-state index in [1.807, 2.05) is 44.4 Å². The maximum atomic E-state index is 8.93. The molecular formula is C20H17N3. The Hall–Kier alpha value is -3.12. The molecule has 0 saturated carbocycles. The van der Waals surface area contributed by atoms with Gasteiger partial charge >= 0.3 is 0 Å². The number of nitriles is 1. The lowest BCUT2D eigenvalue weighted by Crippen LogP contribution is -2.07. The topological polar surface area (TPSA) is 39.9 Å². The molecule has 0 radical (unpaired) electrons. The van der Waals surface area contributed by atoms with Gasteiger partial charge in [0.2, 0.25) is 0 Å². The summed E-state index contributed by atoms with van der Waals surface area (Å²) in [7, 11) is 4.06. The number of rotatable bonds is 3. The maximum absolute atomic E-state index is 8.93. The van der Waals surface area contributed by atoms with Crippen LogP contribution in [0.15, 0.2) is 54.6 Å². The molecule has 23 heavy (non-hydrogen) atoms. The van der Waals surface area contributed by atoms with Gasteiger partial charge in [-0.05, 0) is 48.0 Å². The second kappa shape index (κ2) is 6.33. The van der Waals surface area contributed by atoms with Crippen molar-refractivity contribution in [1.82, 2.24) is 4.98 Å². The Labute approximate surface area is 136 Å². The van der Waals surface area contributed by atoms with Gasteiger partial charge < -0.3 is 4.90 Å². The third-order valence-electron chi connectivity index (χ3n) is 3.70. The first-order valence-electron chi connectivity index (χ1n) is 7.42. The zero-order valence-electron chi connectivity index (χ0n) is 13.2. The zero-order chi connectivity index (χ0) is 16.2. The summed E-state index contributed by atoms with van der Waals surface area (Å²) in [6.45, 7) is 0. The van der Waals surface area contributed by atoms with Gasteiger partial charge in [-0.1, -0.05) is 24.3 Å². The fourth-order valence-corrected chi connectivity index (χ4v) is 2.37. The molecule has 3 aromatic rings. The van der Waals surface area contributed by atoms with Gasteiger partial charge in [0.15, 0.2) is 0 Å². The van der Waals surface area contributed by atoms with Crippen molar-refractivity contribution in [3.63, 3.8) is 0 Å². The predicted octanol–water partition coefficient (Wildman–Crippen LogP) is 4.34. The largest absolute Gasteiger partial charge is 0.378 e. The highest BCUT2D eigenvalue weighted by Crippen LogP contribution is 2.17. The average molecular weight is 299 g/mol. The number of aromatic nitrogens is 1. The molecule has 0 aliphatic heterocycles. The molecule has 0 fully saturated rings. The first-order valence-corrected chi connectivity index (χ1v) is 7.42. The molecular weight excluding hydrogens is 282 g/mol. The lowest BCUT2D eigenvalue weighted by molar-refractivity contribution is 1.13. The van der Waals surface area contributed by atoms with Gasteiger partial charge in [0.1, 0.15) is 0 Å². The van der Waals surface area contributed by atoms with Crippen molar-refractivity contribution in [2.45, 2.75) is 0 Å². The van der Waals surface area contributed by atoms with Gasteiger partial charge in [0, 0.05) is 25.2 Å². The number of hydrogen-bond acceptors (Lipinski definition) is 3. The predicted molar refractivity (Wildman–Crippen MR) is 96.2 cm³/mol. The summed E-state index contributed by atoms with van der Waals surface area (Å²) < 4.78 is 0. The van der Waals surface area contributed by atoms with E-state index in [0.29, 0.717) is 5.56 Å². The van der Waals surface area contributed by atoms with Crippen LogP contribution in [0.5, 0.6) is 0 Å². The van der Waals surface area contributed by atoms with Crippen molar-refractivity contribution in [3.8, 4) is 6.07 Å². The fourth-order valence-electron chi connectivity index (χ4n) is 2.37. The van der Waals surface area contributed by atoms with Crippen LogP contribution in [-0.2, 0) is 0 Å². The molecule has 3 nitrogen and oxygen atoms in total. The van der Waals surface area contributed by atoms with Crippen LogP contribution in [0.3, 0.4) is 0 Å². The highest BCUT2D eigenvalue weighted by Gasteiger charge is 1.98. The smallest absolute Gasteiger partial charge is 0.0991 e. The lowest BCUT2D eigenvalue weighted by atomic mass is 10.1. The van der Waals surface area contributed by atoms with E-state index < -0.39 is 0 Å². The first kappa shape index (κ1) is 14.8. The van der Waals surface area contributed by atoms with Gasteiger partial charge in [-0.25, -0.2) is 4.98 Å². The minimum Gasteiger partial charge on any atom is -0.378 e. The van der Waals surface area contributed by atoms with E-state index >= 15 is 0 Å². The van der Waals surface area contributed by atoms with Crippen LogP contribution in [0.1, 0.15) is 16.8 Å². The molecule has 1 aromatic heterocycles. The number of hydrogen-bond donors (Lipinski definition) is 0. The van der Waals surface area contributed by atoms with Crippen LogP contribution >= 0.6 is 0 Å². The summed E-state index contributed by atoms with van der Waals surface area (Å²) in [6, 6.07) is 20.0. The molecule has 0 saturated heterocycles. The summed E-state index contributed by atoms with van der Waals surface area (Å²) >= 11 is 0. The number of pyridine rings is 1. The molecule has 3 rings (SSSR count). The van der Waals surface area contributed by atoms with Crippen molar-refractivity contribution in [1.29, 1.82) is 5.26 Å². The van der Waals surface area contributed by atoms with Gasteiger partial charge in [-0.2, -0.15) is 5.26 Å². The van der Waals surface area contributed by atoms with Gasteiger partial charge in [-0.15, -0.1) is 0 Å². The quantitative estimate of drug-likeness (QED) is 0.722. The average Bonchev–Trinajstić information content (AvgIpc) is 2.59. The number of anilines is 1. The highest BCUT2D eigenvalue weighted by molar-refractivity contribution is 5.82. The molecule has 0 aliphatic carbocycles. The van der Waals surface area contributed by atoms with E-state index in [-0.39, 0.29) is 0 Å². The van der Waals surface area contributed by atoms with Gasteiger partial charge in [-0.3, -0.25) is 0 Å². The van der Waals surface area contributed by atoms with Crippen LogP contribution in [0.25, 0.3) is 23.1 Å². The molecule has 0 unspecified atom stereocenters. The second-order valence-electron chi connectivity index (χ2n) is 5.57. The Kier molecular flexibility index (Phi) is 4.07. The van der Waals surface area contributed by atoms with Crippen LogP contribution in [-0.4, -0.2) is 19.1 Å². The van der Waals surface area contributed by atoms with Crippen LogP contribution in [0.2, 0.25) is 0 Å². The molecule has 1 heterocycles. The summed E-state index contributed by atoms with van der Waals surface area (Å²) in [4.78, 5) is 6.68. The monoisotopic (exact) mass is 299 g/mol. The molecule has 0 amide bonds. The SMILES string of the molecule is CN(C)c1ccc(/C=C/c2ccc3cc(C#N)ccc3n2)cc1. The molecule has 0 bridgehead atoms. The third kappa shape index (κ3) is 3.38. The van der Waals surface area contributed by atoms with E-state index in [2.05, 4.69) is 46.3 Å². The Morgan fingerprint density at radius 3 is 2.43 bits per heavy atom. The third-order valence-corrected chi connectivity index (χ3v) is 3.70. The second-order valence-corrected chi connectivity index (χ2v) is 5.57. The van der Waals surface area contributed by atoms with Crippen molar-refractivity contribution >= 4 is 28.7 Å². The Bertz CT molecular complexity index is 900. The number of nitrogens with zero attached hydrogens (tertiary/aromatic N) is 3. The van der Waals surface area contributed by atoms with Crippen LogP contribution in [0, 0.1) is 11.3 Å². The van der Waals surface area contributed by atoms with Gasteiger partial charge in [0.05, 0.1) is 22.8 Å². The van der Waals surface area contributed by atoms with Crippen molar-refractivity contribution in [2.24, 2.45) is 0 Å². The molecule has 0 atom stereocenters. The normalized spacial score (nSPS) is 10.8. The molecule has 0 N–H and O–H groups in total. The van der Waals surface area contributed by atoms with E-state index in [0.717, 1.165) is 22.2 Å². The van der Waals surface area contributed by atoms with Gasteiger partial charge in [0.25, 0.3) is 0 Å². The lowest BCUT2D eigenvalue weighted by Gasteiger charge is -2.11. The van der Waals surface area contributed by atoms with E-state index in [9.17, 15) is 0 Å². The molecule has 112 valence electrons. The standard InChI is InChI=1S/C20H17N3/c1-23(2)19-10-4-15(5-11-19)3-8-18-9-7-17-13-16(14-21)6-12-20(17)22-18/h3-13H,1-2H3/b8-3+. The zero-order valence-corrected chi connectivity index (χ0v) is 13.2. The minimum atomic E-state index is 0.656. The van der Waals surface area contributed by atoms with Crippen molar-refractivity contribution in [2.75, 3.05) is 19.0 Å². The molecule has 0 aliphatic rings. The Morgan fingerprint density at radius 2 is 1.74 bits per heavy atom. The summed E-state index contributed by atoms with van der Waals surface area (Å²) in [5, 5.41) is 9.91. The molecule has 3 heteroatoms. The van der Waals surface area contributed by atoms with E-state index in [1.54, 1.807) is 6.07 Å². The molecule has 2 aromatic carbocycles. The van der Waals surface area contributed by atoms with Crippen LogP contribution in [0.4, 0.5) is 5.69 Å². The van der Waals surface area contributed by atoms with Crippen molar-refractivity contribution in [3.05, 3.63) is 71.4 Å². The summed E-state index contributed by atoms with van der Waals surface area (Å²) in [5.41, 5.74) is 4.77. The Balaban J connectivity index is 1.84. The first-order chi connectivity index (χ1) is 11.2. The summed E-state index contributed by atoms with van der Waals surface area (Å²) in [5.74, 6) is 0. The highest BCUT2D eigenvalue weighted by atomic mass is 15.1. The minimum absolute atomic E-state index is 0.656. The van der Waals surface area contributed by atoms with E-state index in [4.69, 9.17) is 5.26 Å².